The van der Waals surface area contributed by atoms with Gasteiger partial charge in [-0.3, -0.25) is 0 Å². The average molecular weight is 574 g/mol. The Morgan fingerprint density at radius 3 is 2.67 bits per heavy atom. The Labute approximate surface area is 211 Å². The maximum absolute atomic E-state index is 12.4. The quantitative estimate of drug-likeness (QED) is 0.282. The number of aliphatic imine (C=N–C) groups is 1. The number of ether oxygens (including phenoxy) is 1. The standard InChI is InChI=1S/C23H32F2N6O.HI/c1-4-26-23(27-15-17-7-5-9-21(28-17)30(2)3)29-18-8-6-14-31(16-18)19-10-12-20(13-11-19)32-22(24)25;/h5,7,9-13,18,22H,4,6,8,14-16H2,1-3H3,(H2,26,27,29);1H. The van der Waals surface area contributed by atoms with Gasteiger partial charge in [0.2, 0.25) is 0 Å². The monoisotopic (exact) mass is 574 g/mol. The molecule has 1 unspecified atom stereocenters. The summed E-state index contributed by atoms with van der Waals surface area (Å²) in [4.78, 5) is 13.6. The van der Waals surface area contributed by atoms with Gasteiger partial charge in [0, 0.05) is 45.5 Å². The van der Waals surface area contributed by atoms with Crippen LogP contribution in [0.4, 0.5) is 20.3 Å². The second-order valence-electron chi connectivity index (χ2n) is 7.88. The lowest BCUT2D eigenvalue weighted by molar-refractivity contribution is -0.0498. The maximum Gasteiger partial charge on any atom is 0.387 e. The Kier molecular flexibility index (Phi) is 10.9. The van der Waals surface area contributed by atoms with Crippen molar-refractivity contribution in [1.82, 2.24) is 15.6 Å². The first-order valence-corrected chi connectivity index (χ1v) is 10.9. The van der Waals surface area contributed by atoms with Gasteiger partial charge in [-0.2, -0.15) is 8.78 Å². The summed E-state index contributed by atoms with van der Waals surface area (Å²) in [5.74, 6) is 1.84. The molecule has 1 aromatic carbocycles. The van der Waals surface area contributed by atoms with E-state index in [-0.39, 0.29) is 35.8 Å². The van der Waals surface area contributed by atoms with E-state index < -0.39 is 6.61 Å². The van der Waals surface area contributed by atoms with Crippen LogP contribution in [0, 0.1) is 0 Å². The Balaban J connectivity index is 0.00000385. The van der Waals surface area contributed by atoms with Gasteiger partial charge in [0.05, 0.1) is 12.2 Å². The first-order chi connectivity index (χ1) is 15.4. The second-order valence-corrected chi connectivity index (χ2v) is 7.88. The fourth-order valence-corrected chi connectivity index (χ4v) is 3.65. The number of piperidine rings is 1. The molecule has 2 heterocycles. The Morgan fingerprint density at radius 2 is 2.00 bits per heavy atom. The van der Waals surface area contributed by atoms with Gasteiger partial charge in [-0.25, -0.2) is 9.98 Å². The number of halogens is 3. The van der Waals surface area contributed by atoms with Crippen molar-refractivity contribution in [3.05, 3.63) is 48.2 Å². The fourth-order valence-electron chi connectivity index (χ4n) is 3.65. The lowest BCUT2D eigenvalue weighted by atomic mass is 10.0. The molecule has 0 aliphatic carbocycles. The van der Waals surface area contributed by atoms with E-state index in [1.165, 1.54) is 0 Å². The minimum absolute atomic E-state index is 0. The predicted molar refractivity (Wildman–Crippen MR) is 140 cm³/mol. The van der Waals surface area contributed by atoms with Crippen molar-refractivity contribution in [2.75, 3.05) is 43.5 Å². The van der Waals surface area contributed by atoms with Crippen molar-refractivity contribution >= 4 is 41.4 Å². The van der Waals surface area contributed by atoms with Crippen LogP contribution in [0.25, 0.3) is 0 Å². The average Bonchev–Trinajstić information content (AvgIpc) is 2.78. The molecule has 7 nitrogen and oxygen atoms in total. The summed E-state index contributed by atoms with van der Waals surface area (Å²) in [6.45, 7) is 2.19. The number of alkyl halides is 2. The first kappa shape index (κ1) is 26.9. The molecule has 0 radical (unpaired) electrons. The number of anilines is 2. The van der Waals surface area contributed by atoms with E-state index in [2.05, 4.69) is 25.3 Å². The molecule has 2 aromatic rings. The summed E-state index contributed by atoms with van der Waals surface area (Å²) < 4.78 is 29.2. The van der Waals surface area contributed by atoms with Crippen LogP contribution in [0.15, 0.2) is 47.5 Å². The van der Waals surface area contributed by atoms with Gasteiger partial charge in [-0.15, -0.1) is 24.0 Å². The molecule has 0 saturated carbocycles. The van der Waals surface area contributed by atoms with Crippen molar-refractivity contribution in [2.45, 2.75) is 39.0 Å². The molecule has 2 N–H and O–H groups in total. The molecule has 1 aromatic heterocycles. The number of nitrogens with zero attached hydrogens (tertiary/aromatic N) is 4. The second kappa shape index (κ2) is 13.4. The van der Waals surface area contributed by atoms with E-state index in [4.69, 9.17) is 4.99 Å². The number of benzene rings is 1. The summed E-state index contributed by atoms with van der Waals surface area (Å²) >= 11 is 0. The highest BCUT2D eigenvalue weighted by atomic mass is 127. The smallest absolute Gasteiger partial charge is 0.387 e. The molecule has 33 heavy (non-hydrogen) atoms. The third-order valence-corrected chi connectivity index (χ3v) is 5.18. The van der Waals surface area contributed by atoms with Crippen molar-refractivity contribution in [3.8, 4) is 5.75 Å². The number of aromatic nitrogens is 1. The van der Waals surface area contributed by atoms with Crippen LogP contribution in [-0.4, -0.2) is 57.3 Å². The minimum atomic E-state index is -2.81. The number of hydrogen-bond acceptors (Lipinski definition) is 5. The van der Waals surface area contributed by atoms with Gasteiger partial charge < -0.3 is 25.2 Å². The summed E-state index contributed by atoms with van der Waals surface area (Å²) in [7, 11) is 3.93. The van der Waals surface area contributed by atoms with Crippen molar-refractivity contribution in [1.29, 1.82) is 0 Å². The molecule has 1 fully saturated rings. The molecule has 0 bridgehead atoms. The zero-order valence-corrected chi connectivity index (χ0v) is 21.6. The van der Waals surface area contributed by atoms with Crippen LogP contribution >= 0.6 is 24.0 Å². The number of hydrogen-bond donors (Lipinski definition) is 2. The molecule has 10 heteroatoms. The van der Waals surface area contributed by atoms with Gasteiger partial charge in [-0.05, 0) is 56.2 Å². The van der Waals surface area contributed by atoms with Gasteiger partial charge in [0.15, 0.2) is 5.96 Å². The van der Waals surface area contributed by atoms with Crippen molar-refractivity contribution in [3.63, 3.8) is 0 Å². The third-order valence-electron chi connectivity index (χ3n) is 5.18. The molecule has 182 valence electrons. The van der Waals surface area contributed by atoms with Gasteiger partial charge in [0.1, 0.15) is 11.6 Å². The molecule has 3 rings (SSSR count). The zero-order valence-electron chi connectivity index (χ0n) is 19.3. The van der Waals surface area contributed by atoms with E-state index in [0.29, 0.717) is 6.54 Å². The van der Waals surface area contributed by atoms with Gasteiger partial charge >= 0.3 is 6.61 Å². The zero-order chi connectivity index (χ0) is 22.9. The highest BCUT2D eigenvalue weighted by Crippen LogP contribution is 2.24. The summed E-state index contributed by atoms with van der Waals surface area (Å²) in [6, 6.07) is 13.0. The Morgan fingerprint density at radius 1 is 1.24 bits per heavy atom. The van der Waals surface area contributed by atoms with Crippen molar-refractivity contribution in [2.24, 2.45) is 4.99 Å². The van der Waals surface area contributed by atoms with Crippen LogP contribution < -0.4 is 25.2 Å². The van der Waals surface area contributed by atoms with E-state index in [0.717, 1.165) is 55.6 Å². The number of guanidine groups is 1. The normalized spacial score (nSPS) is 16.2. The van der Waals surface area contributed by atoms with Gasteiger partial charge in [-0.1, -0.05) is 6.07 Å². The number of nitrogens with one attached hydrogen (secondary N) is 2. The van der Waals surface area contributed by atoms with Crippen LogP contribution in [-0.2, 0) is 6.54 Å². The van der Waals surface area contributed by atoms with Crippen molar-refractivity contribution < 1.29 is 13.5 Å². The molecule has 1 atom stereocenters. The molecular formula is C23H33F2IN6O. The lowest BCUT2D eigenvalue weighted by Gasteiger charge is -2.35. The highest BCUT2D eigenvalue weighted by Gasteiger charge is 2.21. The number of pyridine rings is 1. The molecule has 0 amide bonds. The minimum Gasteiger partial charge on any atom is -0.435 e. The predicted octanol–water partition coefficient (Wildman–Crippen LogP) is 4.09. The summed E-state index contributed by atoms with van der Waals surface area (Å²) in [5, 5.41) is 6.85. The van der Waals surface area contributed by atoms with Crippen LogP contribution in [0.2, 0.25) is 0 Å². The summed E-state index contributed by atoms with van der Waals surface area (Å²) in [5.41, 5.74) is 1.90. The Bertz CT molecular complexity index is 882. The van der Waals surface area contributed by atoms with E-state index in [1.807, 2.05) is 56.3 Å². The third kappa shape index (κ3) is 8.49. The Hall–Kier alpha value is -2.37. The van der Waals surface area contributed by atoms with Crippen LogP contribution in [0.3, 0.4) is 0 Å². The van der Waals surface area contributed by atoms with E-state index in [1.54, 1.807) is 12.1 Å². The maximum atomic E-state index is 12.4. The summed E-state index contributed by atoms with van der Waals surface area (Å²) in [6.07, 6.45) is 2.06. The molecular weight excluding hydrogens is 541 g/mol. The largest absolute Gasteiger partial charge is 0.435 e. The molecule has 0 spiro atoms. The van der Waals surface area contributed by atoms with Gasteiger partial charge in [0.25, 0.3) is 0 Å². The van der Waals surface area contributed by atoms with Crippen LogP contribution in [0.1, 0.15) is 25.5 Å². The van der Waals surface area contributed by atoms with Crippen LogP contribution in [0.5, 0.6) is 5.75 Å². The van der Waals surface area contributed by atoms with E-state index in [9.17, 15) is 8.78 Å². The lowest BCUT2D eigenvalue weighted by Crippen LogP contribution is -2.51. The first-order valence-electron chi connectivity index (χ1n) is 10.9. The fraction of sp³-hybridized carbons (Fsp3) is 0.478. The molecule has 1 saturated heterocycles. The molecule has 1 aliphatic heterocycles. The van der Waals surface area contributed by atoms with E-state index >= 15 is 0 Å². The number of rotatable bonds is 8. The highest BCUT2D eigenvalue weighted by molar-refractivity contribution is 14.0. The molecule has 1 aliphatic rings. The topological polar surface area (TPSA) is 65.0 Å². The SMILES string of the molecule is CCNC(=NCc1cccc(N(C)C)n1)NC1CCCN(c2ccc(OC(F)F)cc2)C1.I.